The first-order valence-electron chi connectivity index (χ1n) is 9.55. The van der Waals surface area contributed by atoms with E-state index < -0.39 is 6.04 Å². The summed E-state index contributed by atoms with van der Waals surface area (Å²) in [5.41, 5.74) is 2.62. The van der Waals surface area contributed by atoms with E-state index in [2.05, 4.69) is 51.6 Å². The number of nitrogens with zero attached hydrogens (tertiary/aromatic N) is 2. The zero-order valence-corrected chi connectivity index (χ0v) is 16.3. The molecule has 1 heterocycles. The largest absolute Gasteiger partial charge is 0.354 e. The van der Waals surface area contributed by atoms with Gasteiger partial charge < -0.3 is 10.6 Å². The third kappa shape index (κ3) is 6.77. The van der Waals surface area contributed by atoms with Crippen molar-refractivity contribution in [3.63, 3.8) is 0 Å². The first kappa shape index (κ1) is 20.4. The van der Waals surface area contributed by atoms with Crippen LogP contribution in [0.2, 0.25) is 0 Å². The average molecular weight is 361 g/mol. The molecule has 1 fully saturated rings. The van der Waals surface area contributed by atoms with Crippen LogP contribution in [0.15, 0.2) is 24.3 Å². The summed E-state index contributed by atoms with van der Waals surface area (Å²) < 4.78 is 0. The molecule has 0 saturated carbocycles. The van der Waals surface area contributed by atoms with Crippen molar-refractivity contribution in [1.29, 1.82) is 0 Å². The molecule has 0 aliphatic carbocycles. The van der Waals surface area contributed by atoms with Crippen LogP contribution in [0.3, 0.4) is 0 Å². The van der Waals surface area contributed by atoms with Gasteiger partial charge in [0, 0.05) is 39.3 Å². The summed E-state index contributed by atoms with van der Waals surface area (Å²) in [6.07, 6.45) is 0.888. The van der Waals surface area contributed by atoms with Gasteiger partial charge in [0.05, 0.1) is 6.54 Å². The maximum atomic E-state index is 12.2. The molecule has 1 aliphatic heterocycles. The molecule has 26 heavy (non-hydrogen) atoms. The van der Waals surface area contributed by atoms with Crippen LogP contribution in [0, 0.1) is 6.92 Å². The molecular weight excluding hydrogens is 328 g/mol. The van der Waals surface area contributed by atoms with E-state index >= 15 is 0 Å². The number of nitrogens with one attached hydrogen (secondary N) is 2. The lowest BCUT2D eigenvalue weighted by molar-refractivity contribution is -0.129. The zero-order chi connectivity index (χ0) is 18.9. The minimum atomic E-state index is -0.489. The van der Waals surface area contributed by atoms with E-state index in [0.717, 1.165) is 39.1 Å². The minimum Gasteiger partial charge on any atom is -0.354 e. The molecular formula is C20H32N4O2. The molecule has 0 unspecified atom stereocenters. The van der Waals surface area contributed by atoms with Gasteiger partial charge in [0.25, 0.3) is 0 Å². The molecule has 0 radical (unpaired) electrons. The molecule has 144 valence electrons. The summed E-state index contributed by atoms with van der Waals surface area (Å²) in [7, 11) is 0. The number of amides is 2. The lowest BCUT2D eigenvalue weighted by atomic mass is 10.1. The van der Waals surface area contributed by atoms with Crippen molar-refractivity contribution in [3.8, 4) is 0 Å². The standard InChI is InChI=1S/C20H32N4O2/c1-4-8-21-20(26)17(3)22-19(25)15-24-11-9-23(10-12-24)14-18-7-5-6-16(2)13-18/h5-7,13,17H,4,8-12,14-15H2,1-3H3,(H,21,26)(H,22,25)/t17-/m1/s1. The normalized spacial score (nSPS) is 16.9. The molecule has 1 saturated heterocycles. The highest BCUT2D eigenvalue weighted by molar-refractivity contribution is 5.87. The first-order chi connectivity index (χ1) is 12.5. The third-order valence-electron chi connectivity index (χ3n) is 4.64. The Kier molecular flexibility index (Phi) is 8.06. The van der Waals surface area contributed by atoms with Crippen molar-refractivity contribution in [2.75, 3.05) is 39.3 Å². The van der Waals surface area contributed by atoms with Gasteiger partial charge in [-0.3, -0.25) is 19.4 Å². The van der Waals surface area contributed by atoms with Gasteiger partial charge >= 0.3 is 0 Å². The van der Waals surface area contributed by atoms with Crippen LogP contribution >= 0.6 is 0 Å². The highest BCUT2D eigenvalue weighted by Crippen LogP contribution is 2.10. The number of piperazine rings is 1. The summed E-state index contributed by atoms with van der Waals surface area (Å²) in [4.78, 5) is 28.6. The fraction of sp³-hybridized carbons (Fsp3) is 0.600. The van der Waals surface area contributed by atoms with E-state index in [1.807, 2.05) is 6.92 Å². The maximum absolute atomic E-state index is 12.2. The van der Waals surface area contributed by atoms with Gasteiger partial charge in [0.15, 0.2) is 0 Å². The van der Waals surface area contributed by atoms with Crippen molar-refractivity contribution < 1.29 is 9.59 Å². The average Bonchev–Trinajstić information content (AvgIpc) is 2.61. The summed E-state index contributed by atoms with van der Waals surface area (Å²) in [5, 5.41) is 5.59. The van der Waals surface area contributed by atoms with Crippen molar-refractivity contribution >= 4 is 11.8 Å². The van der Waals surface area contributed by atoms with Crippen LogP contribution < -0.4 is 10.6 Å². The number of carbonyl (C=O) groups is 2. The summed E-state index contributed by atoms with van der Waals surface area (Å²) >= 11 is 0. The highest BCUT2D eigenvalue weighted by atomic mass is 16.2. The first-order valence-corrected chi connectivity index (χ1v) is 9.55. The second-order valence-corrected chi connectivity index (χ2v) is 7.12. The second kappa shape index (κ2) is 10.3. The third-order valence-corrected chi connectivity index (χ3v) is 4.64. The monoisotopic (exact) mass is 360 g/mol. The predicted octanol–water partition coefficient (Wildman–Crippen LogP) is 1.14. The molecule has 2 amide bonds. The van der Waals surface area contributed by atoms with Crippen LogP contribution in [0.5, 0.6) is 0 Å². The lowest BCUT2D eigenvalue weighted by Gasteiger charge is -2.34. The van der Waals surface area contributed by atoms with Gasteiger partial charge in [0.1, 0.15) is 6.04 Å². The van der Waals surface area contributed by atoms with Gasteiger partial charge in [-0.2, -0.15) is 0 Å². The molecule has 2 N–H and O–H groups in total. The Bertz CT molecular complexity index is 597. The Morgan fingerprint density at radius 2 is 1.85 bits per heavy atom. The Morgan fingerprint density at radius 1 is 1.15 bits per heavy atom. The van der Waals surface area contributed by atoms with E-state index in [-0.39, 0.29) is 11.8 Å². The van der Waals surface area contributed by atoms with Crippen molar-refractivity contribution in [3.05, 3.63) is 35.4 Å². The fourth-order valence-electron chi connectivity index (χ4n) is 3.13. The van der Waals surface area contributed by atoms with Crippen LogP contribution in [0.25, 0.3) is 0 Å². The van der Waals surface area contributed by atoms with Gasteiger partial charge in [0.2, 0.25) is 11.8 Å². The molecule has 6 nitrogen and oxygen atoms in total. The van der Waals surface area contributed by atoms with Gasteiger partial charge in [-0.25, -0.2) is 0 Å². The number of carbonyl (C=O) groups excluding carboxylic acids is 2. The summed E-state index contributed by atoms with van der Waals surface area (Å²) in [5.74, 6) is -0.209. The topological polar surface area (TPSA) is 64.7 Å². The summed E-state index contributed by atoms with van der Waals surface area (Å²) in [6.45, 7) is 11.4. The van der Waals surface area contributed by atoms with Crippen LogP contribution in [-0.4, -0.2) is 66.9 Å². The van der Waals surface area contributed by atoms with E-state index in [1.165, 1.54) is 11.1 Å². The molecule has 6 heteroatoms. The number of rotatable bonds is 8. The smallest absolute Gasteiger partial charge is 0.242 e. The van der Waals surface area contributed by atoms with E-state index in [4.69, 9.17) is 0 Å². The van der Waals surface area contributed by atoms with Crippen molar-refractivity contribution in [2.45, 2.75) is 39.8 Å². The van der Waals surface area contributed by atoms with Crippen LogP contribution in [0.1, 0.15) is 31.4 Å². The quantitative estimate of drug-likeness (QED) is 0.730. The Balaban J connectivity index is 1.69. The Labute approximate surface area is 156 Å². The number of hydrogen-bond acceptors (Lipinski definition) is 4. The fourth-order valence-corrected chi connectivity index (χ4v) is 3.13. The molecule has 1 aliphatic rings. The summed E-state index contributed by atoms with van der Waals surface area (Å²) in [6, 6.07) is 8.12. The lowest BCUT2D eigenvalue weighted by Crippen LogP contribution is -2.52. The van der Waals surface area contributed by atoms with Gasteiger partial charge in [-0.05, 0) is 25.8 Å². The van der Waals surface area contributed by atoms with E-state index in [9.17, 15) is 9.59 Å². The number of hydrogen-bond donors (Lipinski definition) is 2. The molecule has 1 aromatic rings. The minimum absolute atomic E-state index is 0.0868. The number of aryl methyl sites for hydroxylation is 1. The zero-order valence-electron chi connectivity index (χ0n) is 16.3. The molecule has 1 atom stereocenters. The number of benzene rings is 1. The Hall–Kier alpha value is -1.92. The highest BCUT2D eigenvalue weighted by Gasteiger charge is 2.21. The predicted molar refractivity (Wildman–Crippen MR) is 104 cm³/mol. The molecule has 0 spiro atoms. The molecule has 0 bridgehead atoms. The molecule has 0 aromatic heterocycles. The molecule has 1 aromatic carbocycles. The van der Waals surface area contributed by atoms with Gasteiger partial charge in [-0.15, -0.1) is 0 Å². The Morgan fingerprint density at radius 3 is 2.50 bits per heavy atom. The van der Waals surface area contributed by atoms with Crippen LogP contribution in [0.4, 0.5) is 0 Å². The SMILES string of the molecule is CCCNC(=O)[C@@H](C)NC(=O)CN1CCN(Cc2cccc(C)c2)CC1. The maximum Gasteiger partial charge on any atom is 0.242 e. The van der Waals surface area contributed by atoms with Gasteiger partial charge in [-0.1, -0.05) is 36.8 Å². The van der Waals surface area contributed by atoms with Crippen molar-refractivity contribution in [1.82, 2.24) is 20.4 Å². The molecule has 2 rings (SSSR count). The van der Waals surface area contributed by atoms with Crippen LogP contribution in [-0.2, 0) is 16.1 Å². The van der Waals surface area contributed by atoms with E-state index in [1.54, 1.807) is 6.92 Å². The second-order valence-electron chi connectivity index (χ2n) is 7.12. The van der Waals surface area contributed by atoms with Crippen molar-refractivity contribution in [2.24, 2.45) is 0 Å². The van der Waals surface area contributed by atoms with E-state index in [0.29, 0.717) is 13.1 Å².